The molecule has 1 saturated carbocycles. The van der Waals surface area contributed by atoms with Gasteiger partial charge in [-0.3, -0.25) is 9.59 Å². The number of carbonyl (C=O) groups is 2. The summed E-state index contributed by atoms with van der Waals surface area (Å²) in [5.41, 5.74) is 5.15. The Morgan fingerprint density at radius 1 is 1.60 bits per heavy atom. The molecule has 0 saturated heterocycles. The summed E-state index contributed by atoms with van der Waals surface area (Å²) in [7, 11) is 0. The van der Waals surface area contributed by atoms with E-state index in [1.165, 1.54) is 0 Å². The van der Waals surface area contributed by atoms with E-state index in [2.05, 4.69) is 5.32 Å². The van der Waals surface area contributed by atoms with Gasteiger partial charge in [0.15, 0.2) is 0 Å². The first kappa shape index (κ1) is 11.5. The number of rotatable bonds is 5. The van der Waals surface area contributed by atoms with Crippen molar-refractivity contribution in [3.63, 3.8) is 0 Å². The van der Waals surface area contributed by atoms with Crippen molar-refractivity contribution in [3.8, 4) is 6.07 Å². The monoisotopic (exact) mass is 209 g/mol. The van der Waals surface area contributed by atoms with E-state index >= 15 is 0 Å². The molecule has 2 atom stereocenters. The van der Waals surface area contributed by atoms with Gasteiger partial charge in [0.1, 0.15) is 6.04 Å². The Morgan fingerprint density at radius 2 is 2.20 bits per heavy atom. The lowest BCUT2D eigenvalue weighted by atomic mass is 10.0. The Labute approximate surface area is 88.6 Å². The molecule has 0 aromatic rings. The minimum atomic E-state index is -0.715. The average Bonchev–Trinajstić information content (AvgIpc) is 2.99. The predicted molar refractivity (Wildman–Crippen MR) is 53.2 cm³/mol. The Kier molecular flexibility index (Phi) is 3.67. The summed E-state index contributed by atoms with van der Waals surface area (Å²) in [5.74, 6) is -0.943. The molecule has 0 spiro atoms. The van der Waals surface area contributed by atoms with Crippen LogP contribution < -0.4 is 11.1 Å². The highest BCUT2D eigenvalue weighted by molar-refractivity contribution is 5.88. The molecule has 0 aliphatic heterocycles. The molecule has 0 unspecified atom stereocenters. The van der Waals surface area contributed by atoms with Crippen molar-refractivity contribution in [2.75, 3.05) is 0 Å². The average molecular weight is 209 g/mol. The number of primary amides is 1. The molecule has 1 fully saturated rings. The SMILES string of the molecule is C[C@@H](C#N)C[C@@H](NC(=O)C1CC1)C(N)=O. The van der Waals surface area contributed by atoms with E-state index in [-0.39, 0.29) is 24.2 Å². The molecule has 5 heteroatoms. The molecule has 5 nitrogen and oxygen atoms in total. The van der Waals surface area contributed by atoms with E-state index < -0.39 is 11.9 Å². The highest BCUT2D eigenvalue weighted by Gasteiger charge is 2.32. The van der Waals surface area contributed by atoms with E-state index in [1.54, 1.807) is 6.92 Å². The van der Waals surface area contributed by atoms with E-state index in [4.69, 9.17) is 11.0 Å². The van der Waals surface area contributed by atoms with Crippen molar-refractivity contribution < 1.29 is 9.59 Å². The van der Waals surface area contributed by atoms with Crippen LogP contribution in [0.5, 0.6) is 0 Å². The van der Waals surface area contributed by atoms with Crippen LogP contribution in [0.2, 0.25) is 0 Å². The summed E-state index contributed by atoms with van der Waals surface area (Å²) in [6.45, 7) is 1.69. The second-order valence-corrected chi connectivity index (χ2v) is 4.00. The molecule has 15 heavy (non-hydrogen) atoms. The van der Waals surface area contributed by atoms with Gasteiger partial charge in [0, 0.05) is 11.8 Å². The normalized spacial score (nSPS) is 18.7. The maximum atomic E-state index is 11.4. The number of nitrogens with one attached hydrogen (secondary N) is 1. The van der Waals surface area contributed by atoms with Crippen molar-refractivity contribution in [1.82, 2.24) is 5.32 Å². The first-order valence-electron chi connectivity index (χ1n) is 5.04. The number of amides is 2. The van der Waals surface area contributed by atoms with Gasteiger partial charge in [0.25, 0.3) is 0 Å². The van der Waals surface area contributed by atoms with Crippen LogP contribution in [0.15, 0.2) is 0 Å². The van der Waals surface area contributed by atoms with Crippen LogP contribution in [0.4, 0.5) is 0 Å². The topological polar surface area (TPSA) is 96.0 Å². The minimum Gasteiger partial charge on any atom is -0.368 e. The van der Waals surface area contributed by atoms with Gasteiger partial charge >= 0.3 is 0 Å². The van der Waals surface area contributed by atoms with Crippen LogP contribution in [0, 0.1) is 23.2 Å². The lowest BCUT2D eigenvalue weighted by molar-refractivity contribution is -0.128. The van der Waals surface area contributed by atoms with Gasteiger partial charge in [0.2, 0.25) is 11.8 Å². The van der Waals surface area contributed by atoms with Gasteiger partial charge in [-0.1, -0.05) is 0 Å². The molecule has 82 valence electrons. The quantitative estimate of drug-likeness (QED) is 0.662. The molecule has 2 amide bonds. The third-order valence-electron chi connectivity index (χ3n) is 2.42. The zero-order valence-corrected chi connectivity index (χ0v) is 8.69. The maximum absolute atomic E-state index is 11.4. The van der Waals surface area contributed by atoms with Crippen LogP contribution in [-0.4, -0.2) is 17.9 Å². The number of carbonyl (C=O) groups excluding carboxylic acids is 2. The van der Waals surface area contributed by atoms with Gasteiger partial charge in [0.05, 0.1) is 6.07 Å². The fourth-order valence-electron chi connectivity index (χ4n) is 1.29. The molecular formula is C10H15N3O2. The fourth-order valence-corrected chi connectivity index (χ4v) is 1.29. The summed E-state index contributed by atoms with van der Waals surface area (Å²) in [6.07, 6.45) is 2.04. The van der Waals surface area contributed by atoms with Crippen LogP contribution in [0.3, 0.4) is 0 Å². The van der Waals surface area contributed by atoms with Crippen molar-refractivity contribution in [2.24, 2.45) is 17.6 Å². The van der Waals surface area contributed by atoms with Gasteiger partial charge in [-0.15, -0.1) is 0 Å². The molecule has 0 bridgehead atoms. The molecule has 0 radical (unpaired) electrons. The number of hydrogen-bond acceptors (Lipinski definition) is 3. The van der Waals surface area contributed by atoms with Crippen LogP contribution >= 0.6 is 0 Å². The largest absolute Gasteiger partial charge is 0.368 e. The van der Waals surface area contributed by atoms with Gasteiger partial charge in [-0.05, 0) is 26.2 Å². The van der Waals surface area contributed by atoms with Crippen molar-refractivity contribution >= 4 is 11.8 Å². The highest BCUT2D eigenvalue weighted by Crippen LogP contribution is 2.29. The second kappa shape index (κ2) is 4.78. The summed E-state index contributed by atoms with van der Waals surface area (Å²) in [4.78, 5) is 22.4. The molecule has 3 N–H and O–H groups in total. The van der Waals surface area contributed by atoms with E-state index in [0.29, 0.717) is 0 Å². The lowest BCUT2D eigenvalue weighted by Gasteiger charge is -2.16. The molecule has 1 aliphatic carbocycles. The maximum Gasteiger partial charge on any atom is 0.240 e. The van der Waals surface area contributed by atoms with Gasteiger partial charge < -0.3 is 11.1 Å². The van der Waals surface area contributed by atoms with Crippen LogP contribution in [-0.2, 0) is 9.59 Å². The fraction of sp³-hybridized carbons (Fsp3) is 0.700. The van der Waals surface area contributed by atoms with E-state index in [1.807, 2.05) is 6.07 Å². The first-order chi connectivity index (χ1) is 7.04. The van der Waals surface area contributed by atoms with Gasteiger partial charge in [-0.25, -0.2) is 0 Å². The van der Waals surface area contributed by atoms with Crippen molar-refractivity contribution in [1.29, 1.82) is 5.26 Å². The molecule has 1 rings (SSSR count). The standard InChI is InChI=1S/C10H15N3O2/c1-6(5-11)4-8(9(12)14)13-10(15)7-2-3-7/h6-8H,2-4H2,1H3,(H2,12,14)(H,13,15)/t6-,8-/m1/s1. The van der Waals surface area contributed by atoms with Crippen molar-refractivity contribution in [3.05, 3.63) is 0 Å². The second-order valence-electron chi connectivity index (χ2n) is 4.00. The minimum absolute atomic E-state index is 0.0456. The van der Waals surface area contributed by atoms with Crippen molar-refractivity contribution in [2.45, 2.75) is 32.2 Å². The third kappa shape index (κ3) is 3.58. The number of hydrogen-bond donors (Lipinski definition) is 2. The Bertz CT molecular complexity index is 304. The summed E-state index contributed by atoms with van der Waals surface area (Å²) >= 11 is 0. The predicted octanol–water partition coefficient (Wildman–Crippen LogP) is -0.0837. The number of nitriles is 1. The summed E-state index contributed by atoms with van der Waals surface area (Å²) < 4.78 is 0. The molecule has 1 aliphatic rings. The molecular weight excluding hydrogens is 194 g/mol. The van der Waals surface area contributed by atoms with Crippen LogP contribution in [0.1, 0.15) is 26.2 Å². The molecule has 0 aromatic heterocycles. The van der Waals surface area contributed by atoms with Crippen LogP contribution in [0.25, 0.3) is 0 Å². The number of nitrogens with zero attached hydrogens (tertiary/aromatic N) is 1. The van der Waals surface area contributed by atoms with Gasteiger partial charge in [-0.2, -0.15) is 5.26 Å². The highest BCUT2D eigenvalue weighted by atomic mass is 16.2. The summed E-state index contributed by atoms with van der Waals surface area (Å²) in [5, 5.41) is 11.2. The number of nitrogens with two attached hydrogens (primary N) is 1. The Balaban J connectivity index is 2.46. The Morgan fingerprint density at radius 3 is 2.60 bits per heavy atom. The lowest BCUT2D eigenvalue weighted by Crippen LogP contribution is -2.45. The summed E-state index contributed by atoms with van der Waals surface area (Å²) in [6, 6.07) is 1.29. The van der Waals surface area contributed by atoms with E-state index in [0.717, 1.165) is 12.8 Å². The smallest absolute Gasteiger partial charge is 0.240 e. The molecule has 0 heterocycles. The zero-order valence-electron chi connectivity index (χ0n) is 8.69. The first-order valence-corrected chi connectivity index (χ1v) is 5.04. The molecule has 0 aromatic carbocycles. The Hall–Kier alpha value is -1.57. The van der Waals surface area contributed by atoms with E-state index in [9.17, 15) is 9.59 Å². The third-order valence-corrected chi connectivity index (χ3v) is 2.42. The zero-order chi connectivity index (χ0) is 11.4.